The lowest BCUT2D eigenvalue weighted by Crippen LogP contribution is -2.31. The van der Waals surface area contributed by atoms with E-state index in [4.69, 9.17) is 18.9 Å². The first-order valence-electron chi connectivity index (χ1n) is 8.44. The van der Waals surface area contributed by atoms with Gasteiger partial charge >= 0.3 is 0 Å². The Kier molecular flexibility index (Phi) is 6.05. The van der Waals surface area contributed by atoms with E-state index in [9.17, 15) is 4.79 Å². The monoisotopic (exact) mass is 436 g/mol. The number of rotatable bonds is 6. The third kappa shape index (κ3) is 3.95. The fraction of sp³-hybridized carbons (Fsp3) is 0.368. The van der Waals surface area contributed by atoms with Gasteiger partial charge in [-0.1, -0.05) is 0 Å². The van der Waals surface area contributed by atoms with Crippen molar-refractivity contribution in [3.05, 3.63) is 40.5 Å². The van der Waals surface area contributed by atoms with E-state index in [0.717, 1.165) is 10.9 Å². The van der Waals surface area contributed by atoms with Crippen LogP contribution in [0.1, 0.15) is 16.8 Å². The summed E-state index contributed by atoms with van der Waals surface area (Å²) in [6, 6.07) is 7.08. The summed E-state index contributed by atoms with van der Waals surface area (Å²) in [6.45, 7) is 1.06. The second-order valence-electron chi connectivity index (χ2n) is 5.95. The number of methoxy groups -OCH3 is 3. The lowest BCUT2D eigenvalue weighted by atomic mass is 10.1. The Bertz CT molecular complexity index is 830. The van der Waals surface area contributed by atoms with Gasteiger partial charge in [0, 0.05) is 19.2 Å². The van der Waals surface area contributed by atoms with Crippen LogP contribution >= 0.6 is 15.9 Å². The number of halogens is 1. The molecule has 0 N–H and O–H groups in total. The summed E-state index contributed by atoms with van der Waals surface area (Å²) in [6.07, 6.45) is 2.28. The van der Waals surface area contributed by atoms with E-state index in [1.807, 2.05) is 12.1 Å². The fourth-order valence-electron chi connectivity index (χ4n) is 3.06. The zero-order valence-corrected chi connectivity index (χ0v) is 17.0. The van der Waals surface area contributed by atoms with Crippen LogP contribution in [0.4, 0.5) is 0 Å². The number of ether oxygens (including phenoxy) is 4. The quantitative estimate of drug-likeness (QED) is 0.692. The van der Waals surface area contributed by atoms with Gasteiger partial charge in [0.1, 0.15) is 6.10 Å². The summed E-state index contributed by atoms with van der Waals surface area (Å²) in [4.78, 5) is 19.0. The highest BCUT2D eigenvalue weighted by molar-refractivity contribution is 9.10. The van der Waals surface area contributed by atoms with Crippen LogP contribution in [0.25, 0.3) is 0 Å². The predicted molar refractivity (Wildman–Crippen MR) is 103 cm³/mol. The first kappa shape index (κ1) is 19.3. The molecule has 2 heterocycles. The molecule has 8 heteroatoms. The highest BCUT2D eigenvalue weighted by Crippen LogP contribution is 2.40. The van der Waals surface area contributed by atoms with Crippen molar-refractivity contribution >= 4 is 21.8 Å². The number of hydrogen-bond acceptors (Lipinski definition) is 6. The number of amides is 1. The van der Waals surface area contributed by atoms with Crippen LogP contribution in [-0.2, 0) is 0 Å². The normalized spacial score (nSPS) is 16.1. The molecular formula is C19H21BrN2O5. The van der Waals surface area contributed by atoms with E-state index in [1.165, 1.54) is 21.3 Å². The molecule has 1 unspecified atom stereocenters. The third-order valence-electron chi connectivity index (χ3n) is 4.37. The SMILES string of the molecule is COc1ccc(C(=O)N2CCC(Oc3ncccc3Br)C2)c(OC)c1OC. The topological polar surface area (TPSA) is 70.1 Å². The Labute approximate surface area is 166 Å². The number of hydrogen-bond donors (Lipinski definition) is 0. The third-order valence-corrected chi connectivity index (χ3v) is 4.97. The van der Waals surface area contributed by atoms with E-state index in [2.05, 4.69) is 20.9 Å². The summed E-state index contributed by atoms with van der Waals surface area (Å²) in [5.74, 6) is 1.65. The average Bonchev–Trinajstić information content (AvgIpc) is 3.16. The second kappa shape index (κ2) is 8.47. The minimum Gasteiger partial charge on any atom is -0.493 e. The highest BCUT2D eigenvalue weighted by atomic mass is 79.9. The summed E-state index contributed by atoms with van der Waals surface area (Å²) < 4.78 is 22.8. The Morgan fingerprint density at radius 2 is 1.93 bits per heavy atom. The molecule has 0 radical (unpaired) electrons. The number of benzene rings is 1. The summed E-state index contributed by atoms with van der Waals surface area (Å²) in [5, 5.41) is 0. The molecule has 1 aromatic carbocycles. The van der Waals surface area contributed by atoms with Gasteiger partial charge in [0.2, 0.25) is 11.6 Å². The first-order valence-corrected chi connectivity index (χ1v) is 9.23. The van der Waals surface area contributed by atoms with E-state index in [0.29, 0.717) is 41.8 Å². The number of pyridine rings is 1. The van der Waals surface area contributed by atoms with E-state index >= 15 is 0 Å². The standard InChI is InChI=1S/C19H21BrN2O5/c1-24-15-7-6-13(16(25-2)17(15)26-3)19(23)22-10-8-12(11-22)27-18-14(20)5-4-9-21-18/h4-7,9,12H,8,10-11H2,1-3H3. The lowest BCUT2D eigenvalue weighted by Gasteiger charge is -2.20. The molecule has 1 aliphatic rings. The lowest BCUT2D eigenvalue weighted by molar-refractivity contribution is 0.0767. The van der Waals surface area contributed by atoms with Gasteiger partial charge in [-0.3, -0.25) is 4.79 Å². The van der Waals surface area contributed by atoms with Gasteiger partial charge in [-0.05, 0) is 40.2 Å². The van der Waals surface area contributed by atoms with Crippen LogP contribution < -0.4 is 18.9 Å². The fourth-order valence-corrected chi connectivity index (χ4v) is 3.41. The molecule has 1 amide bonds. The molecule has 27 heavy (non-hydrogen) atoms. The smallest absolute Gasteiger partial charge is 0.257 e. The maximum Gasteiger partial charge on any atom is 0.257 e. The number of aromatic nitrogens is 1. The molecule has 0 spiro atoms. The van der Waals surface area contributed by atoms with Gasteiger partial charge < -0.3 is 23.8 Å². The molecule has 1 saturated heterocycles. The van der Waals surface area contributed by atoms with Gasteiger partial charge in [0.15, 0.2) is 11.5 Å². The molecule has 0 aliphatic carbocycles. The first-order chi connectivity index (χ1) is 13.1. The zero-order valence-electron chi connectivity index (χ0n) is 15.4. The number of carbonyl (C=O) groups excluding carboxylic acids is 1. The molecule has 3 rings (SSSR count). The molecule has 144 valence electrons. The number of likely N-dealkylation sites (tertiary alicyclic amines) is 1. The maximum absolute atomic E-state index is 13.0. The van der Waals surface area contributed by atoms with Crippen LogP contribution in [0.5, 0.6) is 23.1 Å². The molecule has 7 nitrogen and oxygen atoms in total. The predicted octanol–water partition coefficient (Wildman–Crippen LogP) is 3.16. The Hall–Kier alpha value is -2.48. The minimum atomic E-state index is -0.140. The van der Waals surface area contributed by atoms with Crippen molar-refractivity contribution in [3.8, 4) is 23.1 Å². The molecule has 0 bridgehead atoms. The minimum absolute atomic E-state index is 0.119. The summed E-state index contributed by atoms with van der Waals surface area (Å²) in [7, 11) is 4.55. The van der Waals surface area contributed by atoms with Gasteiger partial charge in [0.25, 0.3) is 5.91 Å². The van der Waals surface area contributed by atoms with Crippen molar-refractivity contribution < 1.29 is 23.7 Å². The van der Waals surface area contributed by atoms with Crippen molar-refractivity contribution in [2.24, 2.45) is 0 Å². The van der Waals surface area contributed by atoms with E-state index in [-0.39, 0.29) is 12.0 Å². The Morgan fingerprint density at radius 1 is 1.15 bits per heavy atom. The van der Waals surface area contributed by atoms with Crippen molar-refractivity contribution in [2.75, 3.05) is 34.4 Å². The number of nitrogens with zero attached hydrogens (tertiary/aromatic N) is 2. The van der Waals surface area contributed by atoms with Gasteiger partial charge in [-0.15, -0.1) is 0 Å². The molecule has 1 atom stereocenters. The Morgan fingerprint density at radius 3 is 2.59 bits per heavy atom. The molecule has 0 saturated carbocycles. The van der Waals surface area contributed by atoms with Crippen molar-refractivity contribution in [1.82, 2.24) is 9.88 Å². The average molecular weight is 437 g/mol. The Balaban J connectivity index is 1.76. The summed E-state index contributed by atoms with van der Waals surface area (Å²) in [5.41, 5.74) is 0.426. The van der Waals surface area contributed by atoms with Crippen LogP contribution in [0.3, 0.4) is 0 Å². The van der Waals surface area contributed by atoms with Crippen molar-refractivity contribution in [1.29, 1.82) is 0 Å². The van der Waals surface area contributed by atoms with Crippen molar-refractivity contribution in [3.63, 3.8) is 0 Å². The van der Waals surface area contributed by atoms with E-state index in [1.54, 1.807) is 23.2 Å². The largest absolute Gasteiger partial charge is 0.493 e. The maximum atomic E-state index is 13.0. The van der Waals surface area contributed by atoms with Gasteiger partial charge in [0.05, 0.1) is 37.9 Å². The van der Waals surface area contributed by atoms with Crippen LogP contribution in [0.2, 0.25) is 0 Å². The molecule has 1 aromatic heterocycles. The second-order valence-corrected chi connectivity index (χ2v) is 6.81. The summed E-state index contributed by atoms with van der Waals surface area (Å²) >= 11 is 3.42. The van der Waals surface area contributed by atoms with Crippen LogP contribution in [0.15, 0.2) is 34.9 Å². The van der Waals surface area contributed by atoms with Gasteiger partial charge in [-0.2, -0.15) is 0 Å². The molecule has 2 aromatic rings. The highest BCUT2D eigenvalue weighted by Gasteiger charge is 2.31. The molecule has 1 aliphatic heterocycles. The van der Waals surface area contributed by atoms with E-state index < -0.39 is 0 Å². The van der Waals surface area contributed by atoms with Crippen LogP contribution in [0, 0.1) is 0 Å². The van der Waals surface area contributed by atoms with Crippen LogP contribution in [-0.4, -0.2) is 56.3 Å². The zero-order chi connectivity index (χ0) is 19.4. The van der Waals surface area contributed by atoms with Gasteiger partial charge in [-0.25, -0.2) is 4.98 Å². The molecule has 1 fully saturated rings. The molecular weight excluding hydrogens is 416 g/mol. The number of carbonyl (C=O) groups is 1. The van der Waals surface area contributed by atoms with Crippen molar-refractivity contribution in [2.45, 2.75) is 12.5 Å².